The molecule has 1 rings (SSSR count). The quantitative estimate of drug-likeness (QED) is 0.553. The van der Waals surface area contributed by atoms with Crippen molar-refractivity contribution in [3.63, 3.8) is 0 Å². The Labute approximate surface area is 98.1 Å². The highest BCUT2D eigenvalue weighted by Gasteiger charge is 2.20. The number of nitrogens with two attached hydrogens (primary N) is 1. The van der Waals surface area contributed by atoms with Crippen LogP contribution in [0.3, 0.4) is 0 Å². The molecule has 0 radical (unpaired) electrons. The SMILES string of the molecule is CC(O)(CO)CNC(=O)c1cc(N)cc(F)c1. The van der Waals surface area contributed by atoms with E-state index >= 15 is 0 Å². The number of aliphatic hydroxyl groups is 2. The molecule has 94 valence electrons. The summed E-state index contributed by atoms with van der Waals surface area (Å²) in [6.07, 6.45) is 0. The number of amides is 1. The Morgan fingerprint density at radius 3 is 2.71 bits per heavy atom. The molecule has 0 aromatic heterocycles. The van der Waals surface area contributed by atoms with Crippen molar-refractivity contribution in [3.05, 3.63) is 29.6 Å². The average molecular weight is 242 g/mol. The van der Waals surface area contributed by atoms with Crippen LogP contribution in [0, 0.1) is 5.82 Å². The van der Waals surface area contributed by atoms with Crippen molar-refractivity contribution < 1.29 is 19.4 Å². The number of hydrogen-bond acceptors (Lipinski definition) is 4. The van der Waals surface area contributed by atoms with Gasteiger partial charge in [0.05, 0.1) is 6.61 Å². The zero-order chi connectivity index (χ0) is 13.1. The average Bonchev–Trinajstić information content (AvgIpc) is 2.24. The Morgan fingerprint density at radius 1 is 1.53 bits per heavy atom. The molecule has 17 heavy (non-hydrogen) atoms. The minimum atomic E-state index is -1.41. The molecule has 0 spiro atoms. The van der Waals surface area contributed by atoms with Gasteiger partial charge in [-0.3, -0.25) is 4.79 Å². The zero-order valence-electron chi connectivity index (χ0n) is 9.40. The van der Waals surface area contributed by atoms with Crippen LogP contribution in [-0.4, -0.2) is 34.9 Å². The van der Waals surface area contributed by atoms with Crippen LogP contribution in [0.1, 0.15) is 17.3 Å². The molecule has 0 aliphatic heterocycles. The zero-order valence-corrected chi connectivity index (χ0v) is 9.40. The molecule has 1 atom stereocenters. The maximum Gasteiger partial charge on any atom is 0.251 e. The number of halogens is 1. The van der Waals surface area contributed by atoms with Crippen molar-refractivity contribution >= 4 is 11.6 Å². The number of rotatable bonds is 4. The molecular weight excluding hydrogens is 227 g/mol. The van der Waals surface area contributed by atoms with Crippen LogP contribution in [0.4, 0.5) is 10.1 Å². The number of carbonyl (C=O) groups is 1. The maximum atomic E-state index is 13.0. The van der Waals surface area contributed by atoms with Gasteiger partial charge in [-0.2, -0.15) is 0 Å². The summed E-state index contributed by atoms with van der Waals surface area (Å²) in [6.45, 7) is 0.741. The molecule has 0 aliphatic carbocycles. The molecule has 1 aromatic carbocycles. The summed E-state index contributed by atoms with van der Waals surface area (Å²) >= 11 is 0. The standard InChI is InChI=1S/C11H15FN2O3/c1-11(17,6-15)5-14-10(16)7-2-8(12)4-9(13)3-7/h2-4,15,17H,5-6,13H2,1H3,(H,14,16). The third kappa shape index (κ3) is 4.01. The predicted molar refractivity (Wildman–Crippen MR) is 60.9 cm³/mol. The van der Waals surface area contributed by atoms with Crippen LogP contribution in [0.5, 0.6) is 0 Å². The first kappa shape index (κ1) is 13.4. The summed E-state index contributed by atoms with van der Waals surface area (Å²) < 4.78 is 13.0. The van der Waals surface area contributed by atoms with E-state index in [2.05, 4.69) is 5.32 Å². The molecule has 5 N–H and O–H groups in total. The Balaban J connectivity index is 2.70. The summed E-state index contributed by atoms with van der Waals surface area (Å²) in [5.74, 6) is -1.17. The van der Waals surface area contributed by atoms with E-state index in [1.54, 1.807) is 0 Å². The van der Waals surface area contributed by atoms with Crippen molar-refractivity contribution in [2.75, 3.05) is 18.9 Å². The van der Waals surface area contributed by atoms with Crippen molar-refractivity contribution in [1.82, 2.24) is 5.32 Å². The third-order valence-electron chi connectivity index (χ3n) is 2.15. The molecule has 6 heteroatoms. The lowest BCUT2D eigenvalue weighted by Crippen LogP contribution is -2.43. The Hall–Kier alpha value is -1.66. The van der Waals surface area contributed by atoms with Crippen LogP contribution in [0.25, 0.3) is 0 Å². The van der Waals surface area contributed by atoms with Gasteiger partial charge in [0.2, 0.25) is 0 Å². The van der Waals surface area contributed by atoms with Crippen LogP contribution >= 0.6 is 0 Å². The van der Waals surface area contributed by atoms with E-state index in [1.807, 2.05) is 0 Å². The number of aliphatic hydroxyl groups excluding tert-OH is 1. The van der Waals surface area contributed by atoms with Crippen LogP contribution in [0.2, 0.25) is 0 Å². The highest BCUT2D eigenvalue weighted by atomic mass is 19.1. The molecule has 1 unspecified atom stereocenters. The first-order valence-corrected chi connectivity index (χ1v) is 5.01. The molecule has 0 aliphatic rings. The van der Waals surface area contributed by atoms with E-state index in [4.69, 9.17) is 10.8 Å². The van der Waals surface area contributed by atoms with Crippen molar-refractivity contribution in [1.29, 1.82) is 0 Å². The lowest BCUT2D eigenvalue weighted by molar-refractivity contribution is 0.00320. The lowest BCUT2D eigenvalue weighted by Gasteiger charge is -2.20. The van der Waals surface area contributed by atoms with Gasteiger partial charge in [0.25, 0.3) is 5.91 Å². The smallest absolute Gasteiger partial charge is 0.251 e. The third-order valence-corrected chi connectivity index (χ3v) is 2.15. The van der Waals surface area contributed by atoms with E-state index in [0.29, 0.717) is 0 Å². The molecule has 0 bridgehead atoms. The molecule has 1 aromatic rings. The normalized spacial score (nSPS) is 14.1. The Kier molecular flexibility index (Phi) is 4.03. The van der Waals surface area contributed by atoms with Gasteiger partial charge in [0, 0.05) is 17.8 Å². The van der Waals surface area contributed by atoms with Gasteiger partial charge in [-0.15, -0.1) is 0 Å². The van der Waals surface area contributed by atoms with Gasteiger partial charge in [-0.1, -0.05) is 0 Å². The summed E-state index contributed by atoms with van der Waals surface area (Å²) in [5, 5.41) is 20.6. The fourth-order valence-corrected chi connectivity index (χ4v) is 1.17. The monoisotopic (exact) mass is 242 g/mol. The Bertz CT molecular complexity index is 401. The summed E-state index contributed by atoms with van der Waals surface area (Å²) in [6, 6.07) is 3.46. The highest BCUT2D eigenvalue weighted by Crippen LogP contribution is 2.11. The molecule has 0 heterocycles. The van der Waals surface area contributed by atoms with E-state index < -0.39 is 23.9 Å². The molecule has 0 saturated heterocycles. The van der Waals surface area contributed by atoms with E-state index in [1.165, 1.54) is 13.0 Å². The van der Waals surface area contributed by atoms with Gasteiger partial charge >= 0.3 is 0 Å². The Morgan fingerprint density at radius 2 is 2.18 bits per heavy atom. The fraction of sp³-hybridized carbons (Fsp3) is 0.364. The van der Waals surface area contributed by atoms with Crippen molar-refractivity contribution in [2.45, 2.75) is 12.5 Å². The second kappa shape index (κ2) is 5.11. The van der Waals surface area contributed by atoms with E-state index in [-0.39, 0.29) is 17.8 Å². The molecule has 0 saturated carbocycles. The molecule has 0 fully saturated rings. The number of nitrogen functional groups attached to an aromatic ring is 1. The number of hydrogen-bond donors (Lipinski definition) is 4. The summed E-state index contributed by atoms with van der Waals surface area (Å²) in [7, 11) is 0. The largest absolute Gasteiger partial charge is 0.399 e. The molecule has 5 nitrogen and oxygen atoms in total. The van der Waals surface area contributed by atoms with Crippen molar-refractivity contribution in [2.24, 2.45) is 0 Å². The summed E-state index contributed by atoms with van der Waals surface area (Å²) in [5.41, 5.74) is 4.20. The van der Waals surface area contributed by atoms with Crippen LogP contribution in [-0.2, 0) is 0 Å². The van der Waals surface area contributed by atoms with Gasteiger partial charge in [-0.05, 0) is 25.1 Å². The van der Waals surface area contributed by atoms with E-state index in [0.717, 1.165) is 12.1 Å². The first-order valence-electron chi connectivity index (χ1n) is 5.01. The van der Waals surface area contributed by atoms with Gasteiger partial charge in [-0.25, -0.2) is 4.39 Å². The molecule has 1 amide bonds. The predicted octanol–water partition coefficient (Wildman–Crippen LogP) is -0.119. The lowest BCUT2D eigenvalue weighted by atomic mass is 10.1. The molecular formula is C11H15FN2O3. The number of carbonyl (C=O) groups excluding carboxylic acids is 1. The number of nitrogens with one attached hydrogen (secondary N) is 1. The minimum absolute atomic E-state index is 0.0660. The highest BCUT2D eigenvalue weighted by molar-refractivity contribution is 5.95. The topological polar surface area (TPSA) is 95.6 Å². The minimum Gasteiger partial charge on any atom is -0.399 e. The van der Waals surface area contributed by atoms with Crippen LogP contribution in [0.15, 0.2) is 18.2 Å². The first-order chi connectivity index (χ1) is 7.84. The van der Waals surface area contributed by atoms with E-state index in [9.17, 15) is 14.3 Å². The summed E-state index contributed by atoms with van der Waals surface area (Å²) in [4.78, 5) is 11.6. The maximum absolute atomic E-state index is 13.0. The van der Waals surface area contributed by atoms with Gasteiger partial charge in [0.15, 0.2) is 0 Å². The number of anilines is 1. The fourth-order valence-electron chi connectivity index (χ4n) is 1.17. The number of benzene rings is 1. The second-order valence-corrected chi connectivity index (χ2v) is 4.11. The van der Waals surface area contributed by atoms with Gasteiger partial charge < -0.3 is 21.3 Å². The second-order valence-electron chi connectivity index (χ2n) is 4.11. The van der Waals surface area contributed by atoms with Crippen LogP contribution < -0.4 is 11.1 Å². The van der Waals surface area contributed by atoms with Crippen molar-refractivity contribution in [3.8, 4) is 0 Å². The van der Waals surface area contributed by atoms with Gasteiger partial charge in [0.1, 0.15) is 11.4 Å².